The summed E-state index contributed by atoms with van der Waals surface area (Å²) in [7, 11) is 0. The number of hydrogen-bond donors (Lipinski definition) is 0. The van der Waals surface area contributed by atoms with Gasteiger partial charge in [-0.1, -0.05) is 79.7 Å². The van der Waals surface area contributed by atoms with Gasteiger partial charge in [0.25, 0.3) is 0 Å². The lowest BCUT2D eigenvalue weighted by molar-refractivity contribution is 0.634. The van der Waals surface area contributed by atoms with Crippen LogP contribution in [-0.2, 0) is 25.7 Å². The zero-order chi connectivity index (χ0) is 20.8. The van der Waals surface area contributed by atoms with Crippen molar-refractivity contribution >= 4 is 0 Å². The molecule has 28 heavy (non-hydrogen) atoms. The van der Waals surface area contributed by atoms with Crippen molar-refractivity contribution in [3.8, 4) is 11.1 Å². The molecule has 2 radical (unpaired) electrons. The molecule has 0 aromatic heterocycles. The van der Waals surface area contributed by atoms with Crippen LogP contribution >= 0.6 is 0 Å². The van der Waals surface area contributed by atoms with Crippen LogP contribution in [0.15, 0.2) is 24.3 Å². The van der Waals surface area contributed by atoms with Crippen molar-refractivity contribution in [3.63, 3.8) is 0 Å². The molecule has 0 saturated carbocycles. The Balaban J connectivity index is 2.53. The van der Waals surface area contributed by atoms with Crippen molar-refractivity contribution in [3.05, 3.63) is 58.7 Å². The molecule has 0 fully saturated rings. The Morgan fingerprint density at radius 3 is 1.11 bits per heavy atom. The van der Waals surface area contributed by atoms with Crippen molar-refractivity contribution in [1.29, 1.82) is 0 Å². The zero-order valence-electron chi connectivity index (χ0n) is 19.4. The topological polar surface area (TPSA) is 0 Å². The molecule has 0 atom stereocenters. The summed E-state index contributed by atoms with van der Waals surface area (Å²) in [4.78, 5) is 0. The van der Waals surface area contributed by atoms with Crippen LogP contribution in [0.5, 0.6) is 0 Å². The number of rotatable bonds is 9. The highest BCUT2D eigenvalue weighted by molar-refractivity contribution is 5.66. The molecule has 0 unspecified atom stereocenters. The number of hydrogen-bond acceptors (Lipinski definition) is 0. The summed E-state index contributed by atoms with van der Waals surface area (Å²) < 4.78 is 0. The van der Waals surface area contributed by atoms with E-state index in [9.17, 15) is 0 Å². The SMILES string of the molecule is CC(C)Cc1[c]c(-c2[c]c(CC(C)C)cc(CC(C)C)c2)cc(CC(C)C)c1. The van der Waals surface area contributed by atoms with Crippen LogP contribution in [0.25, 0.3) is 11.1 Å². The van der Waals surface area contributed by atoms with Gasteiger partial charge in [0.2, 0.25) is 0 Å². The lowest BCUT2D eigenvalue weighted by Gasteiger charge is -2.16. The Kier molecular flexibility index (Phi) is 8.35. The third-order valence-corrected chi connectivity index (χ3v) is 4.80. The van der Waals surface area contributed by atoms with E-state index in [0.29, 0.717) is 23.7 Å². The highest BCUT2D eigenvalue weighted by Gasteiger charge is 2.11. The molecule has 152 valence electrons. The molecule has 0 N–H and O–H groups in total. The van der Waals surface area contributed by atoms with Gasteiger partial charge in [-0.25, -0.2) is 0 Å². The second kappa shape index (κ2) is 10.3. The Bertz CT molecular complexity index is 625. The van der Waals surface area contributed by atoms with Gasteiger partial charge in [-0.05, 0) is 94.9 Å². The Morgan fingerprint density at radius 2 is 0.821 bits per heavy atom. The summed E-state index contributed by atoms with van der Waals surface area (Å²) in [6, 6.07) is 16.9. The average molecular weight is 377 g/mol. The molecule has 0 heteroatoms. The van der Waals surface area contributed by atoms with Gasteiger partial charge in [0.05, 0.1) is 0 Å². The smallest absolute Gasteiger partial charge is 0.00638 e. The quantitative estimate of drug-likeness (QED) is 0.419. The van der Waals surface area contributed by atoms with Crippen molar-refractivity contribution in [2.75, 3.05) is 0 Å². The molecule has 0 heterocycles. The minimum absolute atomic E-state index is 0.645. The lowest BCUT2D eigenvalue weighted by Crippen LogP contribution is -2.02. The van der Waals surface area contributed by atoms with Crippen LogP contribution in [0.2, 0.25) is 0 Å². The van der Waals surface area contributed by atoms with Gasteiger partial charge in [0, 0.05) is 0 Å². The van der Waals surface area contributed by atoms with E-state index in [2.05, 4.69) is 91.8 Å². The molecule has 0 bridgehead atoms. The van der Waals surface area contributed by atoms with Gasteiger partial charge in [-0.15, -0.1) is 0 Å². The van der Waals surface area contributed by atoms with Gasteiger partial charge in [-0.3, -0.25) is 0 Å². The third kappa shape index (κ3) is 7.46. The first-order chi connectivity index (χ1) is 13.1. The van der Waals surface area contributed by atoms with Crippen LogP contribution in [0.4, 0.5) is 0 Å². The third-order valence-electron chi connectivity index (χ3n) is 4.80. The molecule has 2 rings (SSSR count). The molecule has 0 spiro atoms. The van der Waals surface area contributed by atoms with Crippen LogP contribution in [0, 0.1) is 35.8 Å². The highest BCUT2D eigenvalue weighted by atomic mass is 14.2. The van der Waals surface area contributed by atoms with Crippen molar-refractivity contribution < 1.29 is 0 Å². The van der Waals surface area contributed by atoms with E-state index in [4.69, 9.17) is 0 Å². The molecule has 0 nitrogen and oxygen atoms in total. The maximum absolute atomic E-state index is 3.74. The Hall–Kier alpha value is -1.56. The predicted octanol–water partition coefficient (Wildman–Crippen LogP) is 7.75. The van der Waals surface area contributed by atoms with E-state index in [1.807, 2.05) is 0 Å². The first kappa shape index (κ1) is 22.7. The molecule has 2 aromatic carbocycles. The maximum Gasteiger partial charge on any atom is -0.00638 e. The van der Waals surface area contributed by atoms with E-state index >= 15 is 0 Å². The summed E-state index contributed by atoms with van der Waals surface area (Å²) in [6.07, 6.45) is 4.42. The molecule has 0 aliphatic rings. The van der Waals surface area contributed by atoms with Gasteiger partial charge >= 0.3 is 0 Å². The van der Waals surface area contributed by atoms with Crippen molar-refractivity contribution in [1.82, 2.24) is 0 Å². The van der Waals surface area contributed by atoms with Crippen LogP contribution in [0.3, 0.4) is 0 Å². The maximum atomic E-state index is 3.74. The van der Waals surface area contributed by atoms with E-state index in [1.54, 1.807) is 0 Å². The lowest BCUT2D eigenvalue weighted by atomic mass is 9.89. The van der Waals surface area contributed by atoms with E-state index in [-0.39, 0.29) is 0 Å². The van der Waals surface area contributed by atoms with Gasteiger partial charge in [-0.2, -0.15) is 0 Å². The van der Waals surface area contributed by atoms with Crippen LogP contribution < -0.4 is 0 Å². The van der Waals surface area contributed by atoms with Crippen molar-refractivity contribution in [2.24, 2.45) is 23.7 Å². The summed E-state index contributed by atoms with van der Waals surface area (Å²) in [6.45, 7) is 18.4. The summed E-state index contributed by atoms with van der Waals surface area (Å²) >= 11 is 0. The fourth-order valence-corrected chi connectivity index (χ4v) is 3.96. The Morgan fingerprint density at radius 1 is 0.500 bits per heavy atom. The molecular formula is C28H40. The standard InChI is InChI=1S/C28H40/c1-19(2)9-23-13-24(10-20(3)4)16-27(15-23)28-17-25(11-21(5)6)14-26(18-28)12-22(7)8/h13-15,17,19-22H,9-12H2,1-8H3. The second-order valence-corrected chi connectivity index (χ2v) is 10.2. The van der Waals surface area contributed by atoms with Gasteiger partial charge in [0.15, 0.2) is 0 Å². The Labute approximate surface area is 174 Å². The predicted molar refractivity (Wildman–Crippen MR) is 124 cm³/mol. The zero-order valence-corrected chi connectivity index (χ0v) is 19.4. The van der Waals surface area contributed by atoms with Crippen LogP contribution in [0.1, 0.15) is 77.6 Å². The van der Waals surface area contributed by atoms with Gasteiger partial charge in [0.1, 0.15) is 0 Å². The minimum atomic E-state index is 0.645. The van der Waals surface area contributed by atoms with Crippen LogP contribution in [-0.4, -0.2) is 0 Å². The van der Waals surface area contributed by atoms with Gasteiger partial charge < -0.3 is 0 Å². The minimum Gasteiger partial charge on any atom is -0.0625 e. The first-order valence-corrected chi connectivity index (χ1v) is 11.2. The summed E-state index contributed by atoms with van der Waals surface area (Å²) in [5.74, 6) is 2.61. The largest absolute Gasteiger partial charge is 0.0625 e. The summed E-state index contributed by atoms with van der Waals surface area (Å²) in [5, 5.41) is 0. The fourth-order valence-electron chi connectivity index (χ4n) is 3.96. The molecule has 0 saturated heterocycles. The van der Waals surface area contributed by atoms with E-state index in [0.717, 1.165) is 25.7 Å². The molecule has 0 aliphatic heterocycles. The summed E-state index contributed by atoms with van der Waals surface area (Å²) in [5.41, 5.74) is 8.02. The monoisotopic (exact) mass is 376 g/mol. The second-order valence-electron chi connectivity index (χ2n) is 10.2. The van der Waals surface area contributed by atoms with E-state index in [1.165, 1.54) is 33.4 Å². The van der Waals surface area contributed by atoms with Crippen molar-refractivity contribution in [2.45, 2.75) is 81.1 Å². The molecule has 0 aliphatic carbocycles. The number of benzene rings is 2. The fraction of sp³-hybridized carbons (Fsp3) is 0.571. The molecular weight excluding hydrogens is 336 g/mol. The average Bonchev–Trinajstić information content (AvgIpc) is 2.51. The molecule has 0 amide bonds. The highest BCUT2D eigenvalue weighted by Crippen LogP contribution is 2.28. The first-order valence-electron chi connectivity index (χ1n) is 11.2. The molecule has 2 aromatic rings. The van der Waals surface area contributed by atoms with E-state index < -0.39 is 0 Å². The normalized spacial score (nSPS) is 12.0.